The summed E-state index contributed by atoms with van der Waals surface area (Å²) in [6.45, 7) is 4.76. The summed E-state index contributed by atoms with van der Waals surface area (Å²) < 4.78 is 10.2. The van der Waals surface area contributed by atoms with E-state index in [1.807, 2.05) is 61.2 Å². The second-order valence-corrected chi connectivity index (χ2v) is 17.7. The number of ether oxygens (including phenoxy) is 2. The molecule has 0 atom stereocenters. The third-order valence-corrected chi connectivity index (χ3v) is 11.5. The highest BCUT2D eigenvalue weighted by Crippen LogP contribution is 2.18. The molecule has 0 unspecified atom stereocenters. The Morgan fingerprint density at radius 2 is 0.755 bits per heavy atom. The molecule has 0 aliphatic heterocycles. The maximum Gasteiger partial charge on any atom is 0.0700 e. The predicted molar refractivity (Wildman–Crippen MR) is 296 cm³/mol. The molecule has 0 fully saturated rings. The van der Waals surface area contributed by atoms with E-state index in [2.05, 4.69) is 177 Å². The number of aryl methyl sites for hydroxylation is 1. The Hall–Kier alpha value is 3.61. The Bertz CT molecular complexity index is 874. The van der Waals surface area contributed by atoms with Crippen molar-refractivity contribution < 1.29 is 9.47 Å². The molecule has 316 valence electrons. The van der Waals surface area contributed by atoms with Crippen molar-refractivity contribution in [3.63, 3.8) is 0 Å². The molecule has 2 aromatic carbocycles. The highest BCUT2D eigenvalue weighted by atomic mass is 32.2. The molecular formula is C36H70O2S15. The van der Waals surface area contributed by atoms with Crippen LogP contribution in [0.5, 0.6) is 0 Å². The summed E-state index contributed by atoms with van der Waals surface area (Å²) in [5, 5.41) is 0. The highest BCUT2D eigenvalue weighted by molar-refractivity contribution is 8.00. The fraction of sp³-hybridized carbons (Fsp3) is 0.667. The van der Waals surface area contributed by atoms with Crippen LogP contribution in [-0.2, 0) is 9.47 Å². The Balaban J connectivity index is -0.000000171. The van der Waals surface area contributed by atoms with Gasteiger partial charge in [-0.25, -0.2) is 0 Å². The maximum absolute atomic E-state index is 5.10. The van der Waals surface area contributed by atoms with Crippen LogP contribution in [-0.4, -0.2) is 95.5 Å². The van der Waals surface area contributed by atoms with E-state index < -0.39 is 0 Å². The van der Waals surface area contributed by atoms with Crippen molar-refractivity contribution in [1.82, 2.24) is 0 Å². The molecule has 0 aromatic heterocycles. The molecule has 0 aliphatic rings. The molecule has 2 aromatic rings. The monoisotopic (exact) mass is 1010 g/mol. The van der Waals surface area contributed by atoms with Crippen molar-refractivity contribution in [3.05, 3.63) is 48.0 Å². The van der Waals surface area contributed by atoms with E-state index >= 15 is 0 Å². The summed E-state index contributed by atoms with van der Waals surface area (Å²) >= 11 is 58.7. The van der Waals surface area contributed by atoms with Gasteiger partial charge in [0.25, 0.3) is 0 Å². The zero-order valence-electron chi connectivity index (χ0n) is 31.3. The average Bonchev–Trinajstić information content (AvgIpc) is 3.16. The minimum Gasteiger partial charge on any atom is -0.378 e. The first-order valence-electron chi connectivity index (χ1n) is 17.4. The van der Waals surface area contributed by atoms with Crippen LogP contribution in [0.25, 0.3) is 0 Å². The summed E-state index contributed by atoms with van der Waals surface area (Å²) in [5.41, 5.74) is 1.22. The van der Waals surface area contributed by atoms with E-state index in [-0.39, 0.29) is 0 Å². The first-order valence-corrected chi connectivity index (χ1v) is 26.6. The van der Waals surface area contributed by atoms with Crippen LogP contribution >= 0.6 is 189 Å². The van der Waals surface area contributed by atoms with Crippen LogP contribution in [0, 0.1) is 6.92 Å². The molecule has 17 heteroatoms. The molecule has 0 aliphatic carbocycles. The maximum atomic E-state index is 5.10. The van der Waals surface area contributed by atoms with Crippen molar-refractivity contribution in [2.24, 2.45) is 0 Å². The van der Waals surface area contributed by atoms with Gasteiger partial charge in [-0.05, 0) is 115 Å². The molecule has 0 bridgehead atoms. The van der Waals surface area contributed by atoms with Gasteiger partial charge in [0.05, 0.1) is 26.4 Å². The lowest BCUT2D eigenvalue weighted by molar-refractivity contribution is 0.0606. The number of hydrogen-bond donors (Lipinski definition) is 14. The van der Waals surface area contributed by atoms with E-state index in [0.29, 0.717) is 26.4 Å². The van der Waals surface area contributed by atoms with E-state index in [9.17, 15) is 0 Å². The predicted octanol–water partition coefficient (Wildman–Crippen LogP) is 12.6. The number of rotatable bonds is 21. The number of thiol groups is 14. The van der Waals surface area contributed by atoms with E-state index in [1.165, 1.54) is 44.1 Å². The highest BCUT2D eigenvalue weighted by Gasteiger charge is 1.91. The SMILES string of the molecule is Cc1ccc(S)c(S)c1.SCCCCCCS.SCCCCS.SCCCS.SCCOCCOCCS.SCCSCCS.Sc1ccccc1S. The zero-order valence-corrected chi connectivity index (χ0v) is 44.6. The number of benzene rings is 2. The third-order valence-electron chi connectivity index (χ3n) is 5.28. The smallest absolute Gasteiger partial charge is 0.0700 e. The Morgan fingerprint density at radius 1 is 0.396 bits per heavy atom. The van der Waals surface area contributed by atoms with Gasteiger partial charge in [0.2, 0.25) is 0 Å². The normalized spacial score (nSPS) is 9.49. The average molecular weight is 1020 g/mol. The van der Waals surface area contributed by atoms with Crippen LogP contribution in [0.2, 0.25) is 0 Å². The van der Waals surface area contributed by atoms with Crippen LogP contribution in [0.1, 0.15) is 50.5 Å². The number of hydrogen-bond acceptors (Lipinski definition) is 17. The van der Waals surface area contributed by atoms with E-state index in [0.717, 1.165) is 95.0 Å². The number of unbranched alkanes of at least 4 members (excludes halogenated alkanes) is 4. The molecule has 0 amide bonds. The van der Waals surface area contributed by atoms with Gasteiger partial charge in [-0.1, -0.05) is 31.0 Å². The van der Waals surface area contributed by atoms with Crippen molar-refractivity contribution in [2.45, 2.75) is 71.5 Å². The van der Waals surface area contributed by atoms with E-state index in [4.69, 9.17) is 9.47 Å². The molecular weight excluding hydrogens is 945 g/mol. The van der Waals surface area contributed by atoms with Crippen molar-refractivity contribution in [3.8, 4) is 0 Å². The molecule has 0 radical (unpaired) electrons. The summed E-state index contributed by atoms with van der Waals surface area (Å²) in [7, 11) is 0. The van der Waals surface area contributed by atoms with Crippen LogP contribution in [0.3, 0.4) is 0 Å². The first-order chi connectivity index (χ1) is 25.6. The lowest BCUT2D eigenvalue weighted by Gasteiger charge is -2.01. The van der Waals surface area contributed by atoms with Gasteiger partial charge in [0.15, 0.2) is 0 Å². The Labute approximate surface area is 408 Å². The topological polar surface area (TPSA) is 18.5 Å². The molecule has 0 saturated carbocycles. The quantitative estimate of drug-likeness (QED) is 0.0452. The zero-order chi connectivity index (χ0) is 41.2. The molecule has 0 spiro atoms. The first kappa shape index (κ1) is 65.7. The van der Waals surface area contributed by atoms with Crippen LogP contribution in [0.4, 0.5) is 0 Å². The summed E-state index contributed by atoms with van der Waals surface area (Å²) in [5.74, 6) is 11.8. The van der Waals surface area contributed by atoms with Gasteiger partial charge < -0.3 is 9.47 Å². The fourth-order valence-electron chi connectivity index (χ4n) is 2.65. The molecule has 2 rings (SSSR count). The second-order valence-electron chi connectivity index (χ2n) is 10.0. The van der Waals surface area contributed by atoms with Gasteiger partial charge in [-0.2, -0.15) is 138 Å². The van der Waals surface area contributed by atoms with Gasteiger partial charge in [-0.3, -0.25) is 0 Å². The largest absolute Gasteiger partial charge is 0.378 e. The van der Waals surface area contributed by atoms with Crippen LogP contribution < -0.4 is 0 Å². The van der Waals surface area contributed by atoms with Crippen molar-refractivity contribution >= 4 is 189 Å². The van der Waals surface area contributed by atoms with Gasteiger partial charge in [-0.15, -0.1) is 50.5 Å². The van der Waals surface area contributed by atoms with Gasteiger partial charge in [0, 0.05) is 42.6 Å². The Kier molecular flexibility index (Phi) is 77.2. The number of thioether (sulfide) groups is 1. The standard InChI is InChI=1S/C7H8S2.C6H14O2S2.C6H6S2.C6H14S2.C4H10S3.C4H10S2.C3H8S2/c1-5-2-3-6(8)7(9)4-5;9-5-3-7-1-2-8-4-6-10;7-5-3-1-2-4-6(5)8;7-5-3-1-2-4-6-8;5-1-3-7-4-2-6;5-3-1-2-4-6;4-2-1-3-5/h2-4,8-9H,1H3;9-10H,1-6H2;1-4,7-8H;7-8H,1-6H2;5-6H,1-4H2;5-6H,1-4H2;4-5H,1-3H2. The second kappa shape index (κ2) is 62.3. The molecule has 0 saturated heterocycles. The lowest BCUT2D eigenvalue weighted by Crippen LogP contribution is -2.07. The van der Waals surface area contributed by atoms with Gasteiger partial charge >= 0.3 is 0 Å². The molecule has 53 heavy (non-hydrogen) atoms. The third kappa shape index (κ3) is 67.6. The summed E-state index contributed by atoms with van der Waals surface area (Å²) in [4.78, 5) is 3.73. The molecule has 0 heterocycles. The minimum atomic E-state index is 0.661. The van der Waals surface area contributed by atoms with Crippen molar-refractivity contribution in [1.29, 1.82) is 0 Å². The minimum absolute atomic E-state index is 0.661. The van der Waals surface area contributed by atoms with Gasteiger partial charge in [0.1, 0.15) is 0 Å². The summed E-state index contributed by atoms with van der Waals surface area (Å²) in [6, 6.07) is 13.6. The fourth-order valence-corrected chi connectivity index (χ4v) is 6.35. The lowest BCUT2D eigenvalue weighted by atomic mass is 10.2. The molecule has 0 N–H and O–H groups in total. The summed E-state index contributed by atoms with van der Waals surface area (Å²) in [6.07, 6.45) is 8.69. The Morgan fingerprint density at radius 3 is 1.02 bits per heavy atom. The van der Waals surface area contributed by atoms with Crippen molar-refractivity contribution in [2.75, 3.05) is 95.5 Å². The van der Waals surface area contributed by atoms with E-state index in [1.54, 1.807) is 0 Å². The molecule has 2 nitrogen and oxygen atoms in total. The van der Waals surface area contributed by atoms with Crippen LogP contribution in [0.15, 0.2) is 62.0 Å².